The summed E-state index contributed by atoms with van der Waals surface area (Å²) in [7, 11) is 0. The van der Waals surface area contributed by atoms with Crippen LogP contribution in [0, 0.1) is 13.8 Å². The van der Waals surface area contributed by atoms with E-state index in [2.05, 4.69) is 30.1 Å². The molecule has 0 radical (unpaired) electrons. The number of likely N-dealkylation sites (tertiary alicyclic amines) is 1. The molecule has 2 rings (SSSR count). The van der Waals surface area contributed by atoms with E-state index in [9.17, 15) is 4.79 Å². The SMILES string of the molecule is CCN1CCC(NC(=O)C(C)Oc2ccc(C)cc2C)CC1. The number of ether oxygens (including phenoxy) is 1. The number of hydrogen-bond acceptors (Lipinski definition) is 3. The van der Waals surface area contributed by atoms with Gasteiger partial charge < -0.3 is 15.0 Å². The van der Waals surface area contributed by atoms with E-state index >= 15 is 0 Å². The number of amides is 1. The first-order valence-corrected chi connectivity index (χ1v) is 8.26. The average Bonchev–Trinajstić information content (AvgIpc) is 2.50. The van der Waals surface area contributed by atoms with Gasteiger partial charge in [-0.15, -0.1) is 0 Å². The zero-order valence-corrected chi connectivity index (χ0v) is 14.2. The van der Waals surface area contributed by atoms with Gasteiger partial charge in [0.1, 0.15) is 5.75 Å². The molecule has 1 aliphatic rings. The van der Waals surface area contributed by atoms with E-state index in [1.165, 1.54) is 5.56 Å². The lowest BCUT2D eigenvalue weighted by atomic mass is 10.0. The largest absolute Gasteiger partial charge is 0.481 e. The van der Waals surface area contributed by atoms with E-state index in [0.717, 1.165) is 43.8 Å². The Morgan fingerprint density at radius 1 is 1.36 bits per heavy atom. The molecule has 0 saturated carbocycles. The fraction of sp³-hybridized carbons (Fsp3) is 0.611. The van der Waals surface area contributed by atoms with Crippen molar-refractivity contribution in [2.75, 3.05) is 19.6 Å². The summed E-state index contributed by atoms with van der Waals surface area (Å²) in [6, 6.07) is 6.29. The molecular weight excluding hydrogens is 276 g/mol. The van der Waals surface area contributed by atoms with Crippen LogP contribution in [-0.4, -0.2) is 42.6 Å². The minimum atomic E-state index is -0.467. The van der Waals surface area contributed by atoms with Gasteiger partial charge in [0, 0.05) is 19.1 Å². The van der Waals surface area contributed by atoms with Crippen molar-refractivity contribution in [3.8, 4) is 5.75 Å². The summed E-state index contributed by atoms with van der Waals surface area (Å²) in [5, 5.41) is 3.12. The van der Waals surface area contributed by atoms with Gasteiger partial charge in [0.15, 0.2) is 6.10 Å². The number of carbonyl (C=O) groups excluding carboxylic acids is 1. The van der Waals surface area contributed by atoms with Crippen molar-refractivity contribution in [2.24, 2.45) is 0 Å². The summed E-state index contributed by atoms with van der Waals surface area (Å²) in [6.45, 7) is 11.3. The molecule has 4 heteroatoms. The summed E-state index contributed by atoms with van der Waals surface area (Å²) in [4.78, 5) is 14.7. The minimum Gasteiger partial charge on any atom is -0.481 e. The first-order chi connectivity index (χ1) is 10.5. The molecule has 1 aromatic carbocycles. The highest BCUT2D eigenvalue weighted by atomic mass is 16.5. The molecule has 1 fully saturated rings. The molecule has 0 aromatic heterocycles. The highest BCUT2D eigenvalue weighted by Gasteiger charge is 2.23. The summed E-state index contributed by atoms with van der Waals surface area (Å²) < 4.78 is 5.82. The summed E-state index contributed by atoms with van der Waals surface area (Å²) in [6.07, 6.45) is 1.58. The molecule has 0 spiro atoms. The van der Waals surface area contributed by atoms with Crippen LogP contribution in [-0.2, 0) is 4.79 Å². The Morgan fingerprint density at radius 3 is 2.64 bits per heavy atom. The Labute approximate surface area is 133 Å². The smallest absolute Gasteiger partial charge is 0.260 e. The van der Waals surface area contributed by atoms with Crippen molar-refractivity contribution >= 4 is 5.91 Å². The topological polar surface area (TPSA) is 41.6 Å². The second-order valence-electron chi connectivity index (χ2n) is 6.25. The van der Waals surface area contributed by atoms with E-state index < -0.39 is 6.10 Å². The molecule has 1 aromatic rings. The Balaban J connectivity index is 1.84. The first kappa shape index (κ1) is 16.8. The molecular formula is C18H28N2O2. The number of aryl methyl sites for hydroxylation is 2. The third-order valence-electron chi connectivity index (χ3n) is 4.38. The van der Waals surface area contributed by atoms with Crippen LogP contribution in [0.3, 0.4) is 0 Å². The monoisotopic (exact) mass is 304 g/mol. The summed E-state index contributed by atoms with van der Waals surface area (Å²) >= 11 is 0. The molecule has 1 atom stereocenters. The van der Waals surface area contributed by atoms with Gasteiger partial charge in [0.2, 0.25) is 0 Å². The molecule has 1 amide bonds. The van der Waals surface area contributed by atoms with Crippen LogP contribution in [0.2, 0.25) is 0 Å². The number of piperidine rings is 1. The first-order valence-electron chi connectivity index (χ1n) is 8.26. The highest BCUT2D eigenvalue weighted by molar-refractivity contribution is 5.81. The van der Waals surface area contributed by atoms with Crippen LogP contribution >= 0.6 is 0 Å². The van der Waals surface area contributed by atoms with Crippen molar-refractivity contribution < 1.29 is 9.53 Å². The maximum absolute atomic E-state index is 12.3. The number of nitrogens with one attached hydrogen (secondary N) is 1. The molecule has 1 saturated heterocycles. The molecule has 0 aliphatic carbocycles. The van der Waals surface area contributed by atoms with Crippen LogP contribution < -0.4 is 10.1 Å². The van der Waals surface area contributed by atoms with Crippen molar-refractivity contribution in [1.29, 1.82) is 0 Å². The summed E-state index contributed by atoms with van der Waals surface area (Å²) in [5.74, 6) is 0.768. The molecule has 1 N–H and O–H groups in total. The molecule has 1 unspecified atom stereocenters. The minimum absolute atomic E-state index is 0.0186. The number of rotatable bonds is 5. The Kier molecular flexibility index (Phi) is 5.83. The Morgan fingerprint density at radius 2 is 2.05 bits per heavy atom. The molecule has 4 nitrogen and oxygen atoms in total. The number of benzene rings is 1. The third-order valence-corrected chi connectivity index (χ3v) is 4.38. The van der Waals surface area contributed by atoms with Crippen LogP contribution in [0.4, 0.5) is 0 Å². The fourth-order valence-electron chi connectivity index (χ4n) is 2.89. The van der Waals surface area contributed by atoms with Gasteiger partial charge >= 0.3 is 0 Å². The molecule has 22 heavy (non-hydrogen) atoms. The standard InChI is InChI=1S/C18H28N2O2/c1-5-20-10-8-16(9-11-20)19-18(21)15(4)22-17-7-6-13(2)12-14(17)3/h6-7,12,15-16H,5,8-11H2,1-4H3,(H,19,21). The molecule has 0 bridgehead atoms. The lowest BCUT2D eigenvalue weighted by Crippen LogP contribution is -2.48. The van der Waals surface area contributed by atoms with Gasteiger partial charge in [-0.05, 0) is 51.8 Å². The van der Waals surface area contributed by atoms with Gasteiger partial charge in [0.25, 0.3) is 5.91 Å². The van der Waals surface area contributed by atoms with Gasteiger partial charge in [-0.1, -0.05) is 24.6 Å². The predicted molar refractivity (Wildman–Crippen MR) is 89.3 cm³/mol. The van der Waals surface area contributed by atoms with Gasteiger partial charge in [0.05, 0.1) is 0 Å². The van der Waals surface area contributed by atoms with E-state index in [1.54, 1.807) is 0 Å². The average molecular weight is 304 g/mol. The lowest BCUT2D eigenvalue weighted by molar-refractivity contribution is -0.128. The quantitative estimate of drug-likeness (QED) is 0.909. The van der Waals surface area contributed by atoms with Gasteiger partial charge in [-0.2, -0.15) is 0 Å². The zero-order valence-electron chi connectivity index (χ0n) is 14.2. The zero-order chi connectivity index (χ0) is 16.1. The van der Waals surface area contributed by atoms with Crippen molar-refractivity contribution in [3.05, 3.63) is 29.3 Å². The maximum Gasteiger partial charge on any atom is 0.260 e. The molecule has 1 heterocycles. The third kappa shape index (κ3) is 4.47. The maximum atomic E-state index is 12.3. The number of nitrogens with zero attached hydrogens (tertiary/aromatic N) is 1. The van der Waals surface area contributed by atoms with Crippen LogP contribution in [0.15, 0.2) is 18.2 Å². The fourth-order valence-corrected chi connectivity index (χ4v) is 2.89. The van der Waals surface area contributed by atoms with E-state index in [-0.39, 0.29) is 11.9 Å². The lowest BCUT2D eigenvalue weighted by Gasteiger charge is -2.32. The summed E-state index contributed by atoms with van der Waals surface area (Å²) in [5.41, 5.74) is 2.26. The van der Waals surface area contributed by atoms with Crippen molar-refractivity contribution in [1.82, 2.24) is 10.2 Å². The highest BCUT2D eigenvalue weighted by Crippen LogP contribution is 2.20. The van der Waals surface area contributed by atoms with Crippen molar-refractivity contribution in [2.45, 2.75) is 52.7 Å². The Hall–Kier alpha value is -1.55. The van der Waals surface area contributed by atoms with Gasteiger partial charge in [-0.3, -0.25) is 4.79 Å². The van der Waals surface area contributed by atoms with Crippen LogP contribution in [0.1, 0.15) is 37.8 Å². The Bertz CT molecular complexity index is 508. The number of hydrogen-bond donors (Lipinski definition) is 1. The molecule has 122 valence electrons. The van der Waals surface area contributed by atoms with E-state index in [1.807, 2.05) is 26.0 Å². The normalized spacial score (nSPS) is 18.0. The molecule has 1 aliphatic heterocycles. The second-order valence-corrected chi connectivity index (χ2v) is 6.25. The van der Waals surface area contributed by atoms with Gasteiger partial charge in [-0.25, -0.2) is 0 Å². The second kappa shape index (κ2) is 7.63. The van der Waals surface area contributed by atoms with Crippen molar-refractivity contribution in [3.63, 3.8) is 0 Å². The van der Waals surface area contributed by atoms with Crippen LogP contribution in [0.5, 0.6) is 5.75 Å². The van der Waals surface area contributed by atoms with E-state index in [4.69, 9.17) is 4.74 Å². The predicted octanol–water partition coefficient (Wildman–Crippen LogP) is 2.67. The number of carbonyl (C=O) groups is 1. The van der Waals surface area contributed by atoms with Crippen LogP contribution in [0.25, 0.3) is 0 Å². The van der Waals surface area contributed by atoms with E-state index in [0.29, 0.717) is 0 Å².